The molecule has 1 aromatic heterocycles. The lowest BCUT2D eigenvalue weighted by Crippen LogP contribution is -2.13. The molecule has 0 atom stereocenters. The van der Waals surface area contributed by atoms with Crippen LogP contribution < -0.4 is 5.32 Å². The average molecular weight is 241 g/mol. The molecule has 0 saturated heterocycles. The van der Waals surface area contributed by atoms with Gasteiger partial charge in [0.2, 0.25) is 0 Å². The van der Waals surface area contributed by atoms with E-state index in [4.69, 9.17) is 0 Å². The largest absolute Gasteiger partial charge is 0.342 e. The zero-order chi connectivity index (χ0) is 13.0. The van der Waals surface area contributed by atoms with Crippen molar-refractivity contribution in [1.82, 2.24) is 9.97 Å². The molecule has 1 heterocycles. The lowest BCUT2D eigenvalue weighted by Gasteiger charge is -2.02. The van der Waals surface area contributed by atoms with Crippen molar-refractivity contribution in [3.05, 3.63) is 53.6 Å². The molecular weight excluding hydrogens is 226 g/mol. The van der Waals surface area contributed by atoms with Crippen LogP contribution >= 0.6 is 0 Å². The lowest BCUT2D eigenvalue weighted by molar-refractivity contribution is 0.102. The summed E-state index contributed by atoms with van der Waals surface area (Å²) in [7, 11) is 0. The third-order valence-corrected chi connectivity index (χ3v) is 2.47. The molecular formula is C14H15N3O. The van der Waals surface area contributed by atoms with Crippen molar-refractivity contribution >= 4 is 17.7 Å². The van der Waals surface area contributed by atoms with E-state index in [1.54, 1.807) is 0 Å². The van der Waals surface area contributed by atoms with Crippen LogP contribution in [0, 0.1) is 6.92 Å². The van der Waals surface area contributed by atoms with E-state index in [0.717, 1.165) is 11.4 Å². The van der Waals surface area contributed by atoms with Crippen molar-refractivity contribution < 1.29 is 4.79 Å². The van der Waals surface area contributed by atoms with Gasteiger partial charge in [0.1, 0.15) is 11.5 Å². The number of allylic oxidation sites excluding steroid dienone is 1. The second-order valence-electron chi connectivity index (χ2n) is 3.92. The number of benzene rings is 1. The SMILES string of the molecule is C/C=C/c1nc(C(=O)Nc2ccccc2)c(C)[nH]1. The monoisotopic (exact) mass is 241 g/mol. The minimum atomic E-state index is -0.203. The number of aromatic nitrogens is 2. The van der Waals surface area contributed by atoms with E-state index in [9.17, 15) is 4.79 Å². The standard InChI is InChI=1S/C14H15N3O/c1-3-7-12-15-10(2)13(17-12)14(18)16-11-8-5-4-6-9-11/h3-9H,1-2H3,(H,15,17)(H,16,18)/b7-3+. The van der Waals surface area contributed by atoms with Crippen LogP contribution in [-0.4, -0.2) is 15.9 Å². The number of hydrogen-bond acceptors (Lipinski definition) is 2. The predicted octanol–water partition coefficient (Wildman–Crippen LogP) is 3.00. The van der Waals surface area contributed by atoms with Gasteiger partial charge < -0.3 is 10.3 Å². The van der Waals surface area contributed by atoms with Gasteiger partial charge >= 0.3 is 0 Å². The first-order chi connectivity index (χ1) is 8.70. The summed E-state index contributed by atoms with van der Waals surface area (Å²) in [5.41, 5.74) is 1.95. The summed E-state index contributed by atoms with van der Waals surface area (Å²) in [6.45, 7) is 3.74. The van der Waals surface area contributed by atoms with E-state index >= 15 is 0 Å². The van der Waals surface area contributed by atoms with Gasteiger partial charge in [0.15, 0.2) is 0 Å². The number of H-pyrrole nitrogens is 1. The quantitative estimate of drug-likeness (QED) is 0.867. The Balaban J connectivity index is 2.19. The molecule has 0 spiro atoms. The number of rotatable bonds is 3. The van der Waals surface area contributed by atoms with Crippen molar-refractivity contribution in [2.45, 2.75) is 13.8 Å². The van der Waals surface area contributed by atoms with Gasteiger partial charge in [-0.2, -0.15) is 0 Å². The number of para-hydroxylation sites is 1. The Morgan fingerprint density at radius 2 is 2.06 bits per heavy atom. The van der Waals surface area contributed by atoms with Gasteiger partial charge in [-0.3, -0.25) is 4.79 Å². The van der Waals surface area contributed by atoms with E-state index in [1.165, 1.54) is 0 Å². The van der Waals surface area contributed by atoms with Gasteiger partial charge in [-0.15, -0.1) is 0 Å². The molecule has 4 nitrogen and oxygen atoms in total. The fourth-order valence-electron chi connectivity index (χ4n) is 1.65. The first kappa shape index (κ1) is 12.1. The first-order valence-corrected chi connectivity index (χ1v) is 5.76. The third kappa shape index (κ3) is 2.66. The van der Waals surface area contributed by atoms with Crippen LogP contribution in [0.2, 0.25) is 0 Å². The molecule has 0 fully saturated rings. The van der Waals surface area contributed by atoms with Crippen LogP contribution in [0.5, 0.6) is 0 Å². The number of carbonyl (C=O) groups excluding carboxylic acids is 1. The Hall–Kier alpha value is -2.36. The molecule has 1 amide bonds. The summed E-state index contributed by atoms with van der Waals surface area (Å²) in [4.78, 5) is 19.3. The molecule has 18 heavy (non-hydrogen) atoms. The topological polar surface area (TPSA) is 57.8 Å². The highest BCUT2D eigenvalue weighted by Crippen LogP contribution is 2.11. The highest BCUT2D eigenvalue weighted by atomic mass is 16.1. The number of nitrogens with one attached hydrogen (secondary N) is 2. The molecule has 1 aromatic carbocycles. The fraction of sp³-hybridized carbons (Fsp3) is 0.143. The maximum atomic E-state index is 12.0. The molecule has 0 unspecified atom stereocenters. The number of nitrogens with zero attached hydrogens (tertiary/aromatic N) is 1. The lowest BCUT2D eigenvalue weighted by atomic mass is 10.3. The number of carbonyl (C=O) groups is 1. The van der Waals surface area contributed by atoms with Crippen LogP contribution in [0.4, 0.5) is 5.69 Å². The van der Waals surface area contributed by atoms with Crippen molar-refractivity contribution in [1.29, 1.82) is 0 Å². The molecule has 2 aromatic rings. The Morgan fingerprint density at radius 1 is 1.33 bits per heavy atom. The first-order valence-electron chi connectivity index (χ1n) is 5.76. The summed E-state index contributed by atoms with van der Waals surface area (Å²) in [6, 6.07) is 9.33. The maximum absolute atomic E-state index is 12.0. The number of anilines is 1. The van der Waals surface area contributed by atoms with Gasteiger partial charge in [-0.05, 0) is 32.1 Å². The summed E-state index contributed by atoms with van der Waals surface area (Å²) < 4.78 is 0. The van der Waals surface area contributed by atoms with Crippen LogP contribution in [-0.2, 0) is 0 Å². The second kappa shape index (κ2) is 5.31. The number of aryl methyl sites for hydroxylation is 1. The van der Waals surface area contributed by atoms with Gasteiger partial charge in [-0.25, -0.2) is 4.98 Å². The normalized spacial score (nSPS) is 10.8. The molecule has 0 saturated carbocycles. The molecule has 2 rings (SSSR count). The molecule has 92 valence electrons. The maximum Gasteiger partial charge on any atom is 0.276 e. The Kier molecular flexibility index (Phi) is 3.57. The molecule has 4 heteroatoms. The van der Waals surface area contributed by atoms with Crippen molar-refractivity contribution in [2.75, 3.05) is 5.32 Å². The number of aromatic amines is 1. The highest BCUT2D eigenvalue weighted by molar-refractivity contribution is 6.03. The smallest absolute Gasteiger partial charge is 0.276 e. The predicted molar refractivity (Wildman–Crippen MR) is 72.4 cm³/mol. The number of amides is 1. The molecule has 0 bridgehead atoms. The van der Waals surface area contributed by atoms with Crippen LogP contribution in [0.3, 0.4) is 0 Å². The zero-order valence-electron chi connectivity index (χ0n) is 10.4. The van der Waals surface area contributed by atoms with Gasteiger partial charge in [0.05, 0.1) is 0 Å². The molecule has 0 aliphatic carbocycles. The van der Waals surface area contributed by atoms with E-state index in [0.29, 0.717) is 11.5 Å². The van der Waals surface area contributed by atoms with Crippen LogP contribution in [0.1, 0.15) is 28.9 Å². The molecule has 2 N–H and O–H groups in total. The second-order valence-corrected chi connectivity index (χ2v) is 3.92. The average Bonchev–Trinajstić information content (AvgIpc) is 2.72. The summed E-state index contributed by atoms with van der Waals surface area (Å²) >= 11 is 0. The molecule has 0 aliphatic rings. The Morgan fingerprint density at radius 3 is 2.72 bits per heavy atom. The fourth-order valence-corrected chi connectivity index (χ4v) is 1.65. The highest BCUT2D eigenvalue weighted by Gasteiger charge is 2.13. The van der Waals surface area contributed by atoms with Gasteiger partial charge in [0.25, 0.3) is 5.91 Å². The third-order valence-electron chi connectivity index (χ3n) is 2.47. The van der Waals surface area contributed by atoms with E-state index in [2.05, 4.69) is 15.3 Å². The van der Waals surface area contributed by atoms with Gasteiger partial charge in [-0.1, -0.05) is 24.3 Å². The number of hydrogen-bond donors (Lipinski definition) is 2. The van der Waals surface area contributed by atoms with Crippen LogP contribution in [0.15, 0.2) is 36.4 Å². The minimum absolute atomic E-state index is 0.203. The van der Waals surface area contributed by atoms with Crippen molar-refractivity contribution in [3.63, 3.8) is 0 Å². The minimum Gasteiger partial charge on any atom is -0.342 e. The summed E-state index contributed by atoms with van der Waals surface area (Å²) in [5.74, 6) is 0.485. The number of imidazole rings is 1. The summed E-state index contributed by atoms with van der Waals surface area (Å²) in [5, 5.41) is 2.81. The van der Waals surface area contributed by atoms with E-state index in [-0.39, 0.29) is 5.91 Å². The zero-order valence-corrected chi connectivity index (χ0v) is 10.4. The Labute approximate surface area is 106 Å². The Bertz CT molecular complexity index is 570. The van der Waals surface area contributed by atoms with Gasteiger partial charge in [0, 0.05) is 11.4 Å². The van der Waals surface area contributed by atoms with Crippen molar-refractivity contribution in [2.24, 2.45) is 0 Å². The summed E-state index contributed by atoms with van der Waals surface area (Å²) in [6.07, 6.45) is 3.70. The van der Waals surface area contributed by atoms with Crippen LogP contribution in [0.25, 0.3) is 6.08 Å². The molecule has 0 radical (unpaired) electrons. The van der Waals surface area contributed by atoms with E-state index in [1.807, 2.05) is 56.3 Å². The molecule has 0 aliphatic heterocycles. The van der Waals surface area contributed by atoms with E-state index < -0.39 is 0 Å². The van der Waals surface area contributed by atoms with Crippen molar-refractivity contribution in [3.8, 4) is 0 Å².